The summed E-state index contributed by atoms with van der Waals surface area (Å²) in [5.41, 5.74) is 4.16. The van der Waals surface area contributed by atoms with Gasteiger partial charge < -0.3 is 0 Å². The first kappa shape index (κ1) is 36.7. The van der Waals surface area contributed by atoms with Gasteiger partial charge in [-0.25, -0.2) is 9.13 Å². The van der Waals surface area contributed by atoms with Crippen LogP contribution < -0.4 is 4.57 Å². The molecule has 4 aromatic rings. The summed E-state index contributed by atoms with van der Waals surface area (Å²) in [5, 5.41) is 0. The normalized spacial score (nSPS) is 13.4. The molecule has 0 saturated heterocycles. The number of unbranched alkanes of at least 4 members (excludes halogenated alkanes) is 16. The van der Waals surface area contributed by atoms with E-state index in [1.54, 1.807) is 0 Å². The number of nitrogens with zero attached hydrogens (tertiary/aromatic N) is 2. The van der Waals surface area contributed by atoms with E-state index >= 15 is 0 Å². The zero-order valence-electron chi connectivity index (χ0n) is 30.0. The van der Waals surface area contributed by atoms with E-state index in [0.717, 1.165) is 13.0 Å². The second-order valence-electron chi connectivity index (χ2n) is 14.4. The first-order chi connectivity index (χ1) is 23.2. The summed E-state index contributed by atoms with van der Waals surface area (Å²) in [6.07, 6.45) is 33.2. The van der Waals surface area contributed by atoms with Crippen LogP contribution in [0.25, 0.3) is 0 Å². The van der Waals surface area contributed by atoms with Gasteiger partial charge in [-0.3, -0.25) is 0 Å². The summed E-state index contributed by atoms with van der Waals surface area (Å²) >= 11 is 0. The topological polar surface area (TPSA) is 8.81 Å². The predicted molar refractivity (Wildman–Crippen MR) is 202 cm³/mol. The lowest BCUT2D eigenvalue weighted by Gasteiger charge is -2.37. The van der Waals surface area contributed by atoms with Crippen LogP contribution in [-0.2, 0) is 18.4 Å². The molecule has 0 fully saturated rings. The minimum Gasteiger partial charge on any atom is -0.233 e. The third-order valence-corrected chi connectivity index (χ3v) is 10.4. The van der Waals surface area contributed by atoms with E-state index in [1.807, 2.05) is 0 Å². The molecule has 1 aromatic heterocycles. The Morgan fingerprint density at radius 2 is 1.00 bits per heavy atom. The maximum absolute atomic E-state index is 2.53. The SMILES string of the molecule is CCCCCCCCCCCCCCCCCCCC(n1cc[n+](Cc2ccccc2)c1)C(C)(Cc1ccccc1)c1ccccc1. The minimum atomic E-state index is -0.0265. The molecule has 2 unspecified atom stereocenters. The van der Waals surface area contributed by atoms with Crippen molar-refractivity contribution in [2.75, 3.05) is 0 Å². The van der Waals surface area contributed by atoms with Crippen molar-refractivity contribution < 1.29 is 4.57 Å². The van der Waals surface area contributed by atoms with Crippen molar-refractivity contribution in [1.29, 1.82) is 0 Å². The Bertz CT molecular complexity index is 1310. The maximum Gasteiger partial charge on any atom is 0.244 e. The monoisotopic (exact) mass is 634 g/mol. The zero-order chi connectivity index (χ0) is 32.8. The summed E-state index contributed by atoms with van der Waals surface area (Å²) in [5.74, 6) is 0. The molecule has 0 aliphatic heterocycles. The Morgan fingerprint density at radius 3 is 1.51 bits per heavy atom. The molecule has 0 N–H and O–H groups in total. The Kier molecular flexibility index (Phi) is 16.9. The van der Waals surface area contributed by atoms with Gasteiger partial charge in [-0.05, 0) is 36.0 Å². The molecule has 3 aromatic carbocycles. The second kappa shape index (κ2) is 21.7. The molecule has 4 rings (SSSR count). The van der Waals surface area contributed by atoms with Crippen molar-refractivity contribution in [2.45, 2.75) is 154 Å². The maximum atomic E-state index is 2.53. The van der Waals surface area contributed by atoms with Crippen molar-refractivity contribution in [3.05, 3.63) is 126 Å². The molecule has 2 atom stereocenters. The van der Waals surface area contributed by atoms with Crippen LogP contribution in [0, 0.1) is 0 Å². The Morgan fingerprint density at radius 1 is 0.553 bits per heavy atom. The van der Waals surface area contributed by atoms with Gasteiger partial charge in [0.25, 0.3) is 0 Å². The van der Waals surface area contributed by atoms with Crippen molar-refractivity contribution in [3.8, 4) is 0 Å². The standard InChI is InChI=1S/C45H65N2/c1-3-4-5-6-7-8-9-10-11-12-13-14-15-16-17-18-28-35-44(47-37-36-46(40-47)39-42-31-24-20-25-32-42)45(2,43-33-26-21-27-34-43)38-41-29-22-19-23-30-41/h19-27,29-34,36-37,40,44H,3-18,28,35,38-39H2,1-2H3/q+1. The van der Waals surface area contributed by atoms with E-state index in [9.17, 15) is 0 Å². The number of hydrogen-bond donors (Lipinski definition) is 0. The second-order valence-corrected chi connectivity index (χ2v) is 14.4. The van der Waals surface area contributed by atoms with Crippen LogP contribution >= 0.6 is 0 Å². The molecule has 0 spiro atoms. The number of imidazole rings is 1. The average molecular weight is 634 g/mol. The summed E-state index contributed by atoms with van der Waals surface area (Å²) in [6, 6.07) is 33.6. The van der Waals surface area contributed by atoms with Crippen molar-refractivity contribution >= 4 is 0 Å². The van der Waals surface area contributed by atoms with Gasteiger partial charge in [0.2, 0.25) is 6.33 Å². The Hall–Kier alpha value is -3.13. The molecular formula is C45H65N2+. The molecule has 0 amide bonds. The molecule has 254 valence electrons. The summed E-state index contributed by atoms with van der Waals surface area (Å²) in [6.45, 7) is 5.72. The number of rotatable bonds is 25. The average Bonchev–Trinajstić information content (AvgIpc) is 3.56. The first-order valence-corrected chi connectivity index (χ1v) is 19.4. The van der Waals surface area contributed by atoms with Gasteiger partial charge in [-0.2, -0.15) is 0 Å². The van der Waals surface area contributed by atoms with E-state index in [-0.39, 0.29) is 5.41 Å². The molecular weight excluding hydrogens is 569 g/mol. The zero-order valence-corrected chi connectivity index (χ0v) is 30.0. The van der Waals surface area contributed by atoms with E-state index in [0.29, 0.717) is 6.04 Å². The molecule has 2 heteroatoms. The van der Waals surface area contributed by atoms with E-state index in [1.165, 1.54) is 132 Å². The fraction of sp³-hybridized carbons (Fsp3) is 0.533. The molecule has 0 saturated carbocycles. The van der Waals surface area contributed by atoms with Crippen LogP contribution in [0.1, 0.15) is 152 Å². The van der Waals surface area contributed by atoms with Crippen molar-refractivity contribution in [3.63, 3.8) is 0 Å². The van der Waals surface area contributed by atoms with Gasteiger partial charge in [0.15, 0.2) is 0 Å². The molecule has 47 heavy (non-hydrogen) atoms. The number of benzene rings is 3. The fourth-order valence-electron chi connectivity index (χ4n) is 7.59. The summed E-state index contributed by atoms with van der Waals surface area (Å²) < 4.78 is 4.89. The van der Waals surface area contributed by atoms with E-state index in [2.05, 4.69) is 133 Å². The third kappa shape index (κ3) is 13.1. The lowest BCUT2D eigenvalue weighted by molar-refractivity contribution is -0.688. The summed E-state index contributed by atoms with van der Waals surface area (Å²) in [4.78, 5) is 0. The fourth-order valence-corrected chi connectivity index (χ4v) is 7.59. The van der Waals surface area contributed by atoms with Crippen LogP contribution in [0.5, 0.6) is 0 Å². The highest BCUT2D eigenvalue weighted by Gasteiger charge is 2.40. The number of hydrogen-bond acceptors (Lipinski definition) is 0. The van der Waals surface area contributed by atoms with Crippen LogP contribution in [0.3, 0.4) is 0 Å². The third-order valence-electron chi connectivity index (χ3n) is 10.4. The first-order valence-electron chi connectivity index (χ1n) is 19.4. The Labute approximate surface area is 288 Å². The largest absolute Gasteiger partial charge is 0.244 e. The van der Waals surface area contributed by atoms with Crippen LogP contribution in [0.4, 0.5) is 0 Å². The highest BCUT2D eigenvalue weighted by Crippen LogP contribution is 2.41. The van der Waals surface area contributed by atoms with Gasteiger partial charge in [0.1, 0.15) is 25.0 Å². The summed E-state index contributed by atoms with van der Waals surface area (Å²) in [7, 11) is 0. The van der Waals surface area contributed by atoms with E-state index in [4.69, 9.17) is 0 Å². The number of aromatic nitrogens is 2. The molecule has 0 bridgehead atoms. The van der Waals surface area contributed by atoms with Crippen LogP contribution in [0.2, 0.25) is 0 Å². The van der Waals surface area contributed by atoms with Crippen LogP contribution in [0.15, 0.2) is 110 Å². The van der Waals surface area contributed by atoms with Crippen LogP contribution in [-0.4, -0.2) is 4.57 Å². The van der Waals surface area contributed by atoms with E-state index < -0.39 is 0 Å². The van der Waals surface area contributed by atoms with Crippen molar-refractivity contribution in [1.82, 2.24) is 4.57 Å². The lowest BCUT2D eigenvalue weighted by Crippen LogP contribution is -2.38. The predicted octanol–water partition coefficient (Wildman–Crippen LogP) is 12.6. The minimum absolute atomic E-state index is 0.0265. The smallest absolute Gasteiger partial charge is 0.233 e. The lowest BCUT2D eigenvalue weighted by atomic mass is 9.70. The molecule has 0 aliphatic carbocycles. The van der Waals surface area contributed by atoms with Crippen molar-refractivity contribution in [2.24, 2.45) is 0 Å². The molecule has 0 aliphatic rings. The van der Waals surface area contributed by atoms with Gasteiger partial charge in [0.05, 0.1) is 0 Å². The highest BCUT2D eigenvalue weighted by atomic mass is 15.1. The van der Waals surface area contributed by atoms with Gasteiger partial charge in [-0.1, -0.05) is 208 Å². The quantitative estimate of drug-likeness (QED) is 0.0507. The van der Waals surface area contributed by atoms with Gasteiger partial charge in [0, 0.05) is 5.41 Å². The highest BCUT2D eigenvalue weighted by molar-refractivity contribution is 5.31. The Balaban J connectivity index is 1.28. The van der Waals surface area contributed by atoms with Gasteiger partial charge >= 0.3 is 0 Å². The molecule has 1 heterocycles. The van der Waals surface area contributed by atoms with Gasteiger partial charge in [-0.15, -0.1) is 0 Å². The molecule has 0 radical (unpaired) electrons. The molecule has 2 nitrogen and oxygen atoms in total.